The number of carbonyl (C=O) groups is 1. The van der Waals surface area contributed by atoms with Gasteiger partial charge in [-0.05, 0) is 30.9 Å². The summed E-state index contributed by atoms with van der Waals surface area (Å²) in [7, 11) is -3.48. The zero-order valence-corrected chi connectivity index (χ0v) is 16.1. The molecule has 0 bridgehead atoms. The summed E-state index contributed by atoms with van der Waals surface area (Å²) in [5, 5.41) is 2.89. The van der Waals surface area contributed by atoms with E-state index in [0.717, 1.165) is 24.7 Å². The highest BCUT2D eigenvalue weighted by molar-refractivity contribution is 7.88. The fourth-order valence-corrected chi connectivity index (χ4v) is 3.39. The standard InChI is InChI=1S/C20H26N2O3S/c1-17(13-14-18-9-5-3-6-10-18)21-20(23)16-22(26(2,24)25)15-19-11-7-4-8-12-19/h3-12,17H,13-16H2,1-2H3,(H,21,23)/t17-/m1/s1. The highest BCUT2D eigenvalue weighted by Crippen LogP contribution is 2.09. The SMILES string of the molecule is C[C@H](CCc1ccccc1)NC(=O)CN(Cc1ccccc1)S(C)(=O)=O. The van der Waals surface area contributed by atoms with Crippen LogP contribution in [0.4, 0.5) is 0 Å². The summed E-state index contributed by atoms with van der Waals surface area (Å²) in [5.41, 5.74) is 2.07. The number of nitrogens with zero attached hydrogens (tertiary/aromatic N) is 1. The van der Waals surface area contributed by atoms with Crippen LogP contribution < -0.4 is 5.32 Å². The predicted octanol–water partition coefficient (Wildman–Crippen LogP) is 2.59. The fourth-order valence-electron chi connectivity index (χ4n) is 2.66. The molecule has 0 aliphatic rings. The van der Waals surface area contributed by atoms with Crippen molar-refractivity contribution < 1.29 is 13.2 Å². The van der Waals surface area contributed by atoms with Crippen molar-refractivity contribution in [2.24, 2.45) is 0 Å². The van der Waals surface area contributed by atoms with Crippen molar-refractivity contribution in [2.75, 3.05) is 12.8 Å². The van der Waals surface area contributed by atoms with E-state index in [9.17, 15) is 13.2 Å². The highest BCUT2D eigenvalue weighted by Gasteiger charge is 2.21. The maximum Gasteiger partial charge on any atom is 0.235 e. The zero-order chi connectivity index (χ0) is 19.0. The van der Waals surface area contributed by atoms with E-state index in [1.165, 1.54) is 9.87 Å². The van der Waals surface area contributed by atoms with Crippen LogP contribution in [0.15, 0.2) is 60.7 Å². The number of rotatable bonds is 9. The van der Waals surface area contributed by atoms with Gasteiger partial charge in [0.25, 0.3) is 0 Å². The van der Waals surface area contributed by atoms with Gasteiger partial charge < -0.3 is 5.32 Å². The number of nitrogens with one attached hydrogen (secondary N) is 1. The second kappa shape index (κ2) is 9.50. The Hall–Kier alpha value is -2.18. The third-order valence-electron chi connectivity index (χ3n) is 4.11. The molecule has 2 rings (SSSR count). The summed E-state index contributed by atoms with van der Waals surface area (Å²) in [4.78, 5) is 12.3. The first-order valence-corrected chi connectivity index (χ1v) is 10.5. The van der Waals surface area contributed by atoms with Gasteiger partial charge in [-0.1, -0.05) is 60.7 Å². The maximum atomic E-state index is 12.3. The Morgan fingerprint density at radius 1 is 1.00 bits per heavy atom. The molecule has 0 aromatic heterocycles. The van der Waals surface area contributed by atoms with Crippen LogP contribution in [0.2, 0.25) is 0 Å². The first kappa shape index (κ1) is 20.1. The Morgan fingerprint density at radius 2 is 1.54 bits per heavy atom. The molecule has 0 saturated heterocycles. The molecule has 26 heavy (non-hydrogen) atoms. The normalized spacial score (nSPS) is 12.7. The minimum Gasteiger partial charge on any atom is -0.352 e. The molecule has 0 fully saturated rings. The van der Waals surface area contributed by atoms with Crippen LogP contribution in [0.1, 0.15) is 24.5 Å². The summed E-state index contributed by atoms with van der Waals surface area (Å²) >= 11 is 0. The lowest BCUT2D eigenvalue weighted by Crippen LogP contribution is -2.42. The Kier molecular flexibility index (Phi) is 7.36. The van der Waals surface area contributed by atoms with Crippen LogP contribution >= 0.6 is 0 Å². The molecule has 2 aromatic rings. The Bertz CT molecular complexity index is 792. The van der Waals surface area contributed by atoms with Crippen molar-refractivity contribution in [2.45, 2.75) is 32.4 Å². The van der Waals surface area contributed by atoms with Gasteiger partial charge in [0.2, 0.25) is 15.9 Å². The molecule has 140 valence electrons. The Morgan fingerprint density at radius 3 is 2.08 bits per heavy atom. The number of aryl methyl sites for hydroxylation is 1. The number of sulfonamides is 1. The topological polar surface area (TPSA) is 66.5 Å². The first-order valence-electron chi connectivity index (χ1n) is 8.67. The van der Waals surface area contributed by atoms with Gasteiger partial charge in [0, 0.05) is 12.6 Å². The van der Waals surface area contributed by atoms with Crippen LogP contribution in [-0.4, -0.2) is 37.5 Å². The minimum absolute atomic E-state index is 0.0270. The molecular formula is C20H26N2O3S. The van der Waals surface area contributed by atoms with E-state index in [1.54, 1.807) is 0 Å². The molecule has 0 radical (unpaired) electrons. The lowest BCUT2D eigenvalue weighted by molar-refractivity contribution is -0.122. The maximum absolute atomic E-state index is 12.3. The van der Waals surface area contributed by atoms with Crippen molar-refractivity contribution in [3.63, 3.8) is 0 Å². The number of benzene rings is 2. The van der Waals surface area contributed by atoms with Gasteiger partial charge in [0.15, 0.2) is 0 Å². The molecule has 0 unspecified atom stereocenters. The fraction of sp³-hybridized carbons (Fsp3) is 0.350. The zero-order valence-electron chi connectivity index (χ0n) is 15.3. The van der Waals surface area contributed by atoms with E-state index in [-0.39, 0.29) is 25.0 Å². The van der Waals surface area contributed by atoms with Crippen molar-refractivity contribution in [3.8, 4) is 0 Å². The Balaban J connectivity index is 1.88. The molecule has 5 nitrogen and oxygen atoms in total. The lowest BCUT2D eigenvalue weighted by Gasteiger charge is -2.21. The van der Waals surface area contributed by atoms with Crippen LogP contribution in [0.25, 0.3) is 0 Å². The van der Waals surface area contributed by atoms with Crippen molar-refractivity contribution in [3.05, 3.63) is 71.8 Å². The summed E-state index contributed by atoms with van der Waals surface area (Å²) in [6, 6.07) is 19.3. The largest absolute Gasteiger partial charge is 0.352 e. The predicted molar refractivity (Wildman–Crippen MR) is 104 cm³/mol. The number of hydrogen-bond donors (Lipinski definition) is 1. The average Bonchev–Trinajstić information content (AvgIpc) is 2.60. The monoisotopic (exact) mass is 374 g/mol. The molecule has 1 amide bonds. The molecule has 0 aliphatic heterocycles. The second-order valence-corrected chi connectivity index (χ2v) is 8.49. The van der Waals surface area contributed by atoms with Gasteiger partial charge in [0.05, 0.1) is 12.8 Å². The van der Waals surface area contributed by atoms with Crippen molar-refractivity contribution in [1.29, 1.82) is 0 Å². The van der Waals surface area contributed by atoms with Gasteiger partial charge in [-0.2, -0.15) is 4.31 Å². The highest BCUT2D eigenvalue weighted by atomic mass is 32.2. The third kappa shape index (κ3) is 6.98. The average molecular weight is 375 g/mol. The van der Waals surface area contributed by atoms with Crippen LogP contribution in [0.3, 0.4) is 0 Å². The molecular weight excluding hydrogens is 348 g/mol. The summed E-state index contributed by atoms with van der Waals surface area (Å²) in [6.07, 6.45) is 2.79. The van der Waals surface area contributed by atoms with Gasteiger partial charge in [-0.3, -0.25) is 4.79 Å². The molecule has 0 aliphatic carbocycles. The first-order chi connectivity index (χ1) is 12.3. The van der Waals surface area contributed by atoms with E-state index in [1.807, 2.05) is 55.5 Å². The van der Waals surface area contributed by atoms with Gasteiger partial charge in [0.1, 0.15) is 0 Å². The number of carbonyl (C=O) groups excluding carboxylic acids is 1. The van der Waals surface area contributed by atoms with Crippen LogP contribution in [0, 0.1) is 0 Å². The number of hydrogen-bond acceptors (Lipinski definition) is 3. The Labute approximate surface area is 156 Å². The third-order valence-corrected chi connectivity index (χ3v) is 5.30. The lowest BCUT2D eigenvalue weighted by atomic mass is 10.1. The van der Waals surface area contributed by atoms with Crippen molar-refractivity contribution in [1.82, 2.24) is 9.62 Å². The molecule has 1 atom stereocenters. The van der Waals surface area contributed by atoms with Gasteiger partial charge in [-0.15, -0.1) is 0 Å². The number of amides is 1. The molecule has 0 spiro atoms. The minimum atomic E-state index is -3.48. The van der Waals surface area contributed by atoms with E-state index >= 15 is 0 Å². The van der Waals surface area contributed by atoms with E-state index in [0.29, 0.717) is 0 Å². The summed E-state index contributed by atoms with van der Waals surface area (Å²) in [5.74, 6) is -0.285. The van der Waals surface area contributed by atoms with Gasteiger partial charge in [-0.25, -0.2) is 8.42 Å². The van der Waals surface area contributed by atoms with E-state index < -0.39 is 10.0 Å². The second-order valence-electron chi connectivity index (χ2n) is 6.51. The van der Waals surface area contributed by atoms with Crippen LogP contribution in [0.5, 0.6) is 0 Å². The molecule has 6 heteroatoms. The van der Waals surface area contributed by atoms with E-state index in [2.05, 4.69) is 17.4 Å². The molecule has 0 heterocycles. The summed E-state index contributed by atoms with van der Waals surface area (Å²) < 4.78 is 25.2. The molecule has 0 saturated carbocycles. The van der Waals surface area contributed by atoms with E-state index in [4.69, 9.17) is 0 Å². The summed E-state index contributed by atoms with van der Waals surface area (Å²) in [6.45, 7) is 1.94. The van der Waals surface area contributed by atoms with Crippen LogP contribution in [-0.2, 0) is 27.8 Å². The molecule has 2 aromatic carbocycles. The quantitative estimate of drug-likeness (QED) is 0.734. The smallest absolute Gasteiger partial charge is 0.235 e. The van der Waals surface area contributed by atoms with Crippen molar-refractivity contribution >= 4 is 15.9 Å². The molecule has 1 N–H and O–H groups in total. The van der Waals surface area contributed by atoms with Gasteiger partial charge >= 0.3 is 0 Å².